The van der Waals surface area contributed by atoms with Gasteiger partial charge in [0.05, 0.1) is 23.1 Å². The van der Waals surface area contributed by atoms with Gasteiger partial charge < -0.3 is 9.88 Å². The Bertz CT molecular complexity index is 1320. The summed E-state index contributed by atoms with van der Waals surface area (Å²) >= 11 is 0. The third kappa shape index (κ3) is 5.53. The highest BCUT2D eigenvalue weighted by molar-refractivity contribution is 5.95. The summed E-state index contributed by atoms with van der Waals surface area (Å²) in [5, 5.41) is 7.03. The molecular formula is C25H20F3N5O. The Morgan fingerprint density at radius 2 is 1.82 bits per heavy atom. The number of aryl methyl sites for hydroxylation is 1. The van der Waals surface area contributed by atoms with Crippen LogP contribution in [0.25, 0.3) is 5.69 Å². The van der Waals surface area contributed by atoms with Gasteiger partial charge in [-0.15, -0.1) is 0 Å². The fourth-order valence-corrected chi connectivity index (χ4v) is 3.35. The molecule has 0 saturated carbocycles. The predicted octanol–water partition coefficient (Wildman–Crippen LogP) is 4.31. The van der Waals surface area contributed by atoms with E-state index >= 15 is 0 Å². The van der Waals surface area contributed by atoms with E-state index < -0.39 is 11.7 Å². The van der Waals surface area contributed by atoms with Crippen LogP contribution in [-0.2, 0) is 12.7 Å². The van der Waals surface area contributed by atoms with Crippen molar-refractivity contribution in [1.29, 1.82) is 0 Å². The highest BCUT2D eigenvalue weighted by Crippen LogP contribution is 2.31. The van der Waals surface area contributed by atoms with Crippen molar-refractivity contribution in [1.82, 2.24) is 24.6 Å². The Balaban J connectivity index is 1.58. The summed E-state index contributed by atoms with van der Waals surface area (Å²) in [5.41, 5.74) is 0.336. The van der Waals surface area contributed by atoms with Crippen molar-refractivity contribution in [2.24, 2.45) is 0 Å². The summed E-state index contributed by atoms with van der Waals surface area (Å²) in [6, 6.07) is 11.7. The quantitative estimate of drug-likeness (QED) is 0.342. The van der Waals surface area contributed by atoms with E-state index in [1.807, 2.05) is 10.8 Å². The maximum Gasteiger partial charge on any atom is 0.417 e. The molecule has 9 heteroatoms. The largest absolute Gasteiger partial charge is 0.417 e. The molecule has 0 spiro atoms. The van der Waals surface area contributed by atoms with Gasteiger partial charge in [0.1, 0.15) is 0 Å². The van der Waals surface area contributed by atoms with Crippen LogP contribution in [0.4, 0.5) is 13.2 Å². The lowest BCUT2D eigenvalue weighted by Crippen LogP contribution is -2.25. The summed E-state index contributed by atoms with van der Waals surface area (Å²) in [4.78, 5) is 16.6. The molecule has 0 aliphatic heterocycles. The van der Waals surface area contributed by atoms with E-state index in [-0.39, 0.29) is 11.5 Å². The standard InChI is InChI=1S/C25H20F3N5O/c26-25(27,28)22-6-2-1-5-19(22)7-8-20-17-21(9-10-23(20)33-15-4-12-31-33)24(34)30-11-3-14-32-16-13-29-18-32/h1-2,4-6,9-10,12-13,15-18H,3,11,14H2,(H,30,34). The third-order valence-corrected chi connectivity index (χ3v) is 5.01. The lowest BCUT2D eigenvalue weighted by molar-refractivity contribution is -0.137. The fraction of sp³-hybridized carbons (Fsp3) is 0.160. The van der Waals surface area contributed by atoms with Gasteiger partial charge in [0.25, 0.3) is 5.91 Å². The van der Waals surface area contributed by atoms with Gasteiger partial charge in [0.2, 0.25) is 0 Å². The van der Waals surface area contributed by atoms with Gasteiger partial charge in [-0.2, -0.15) is 18.3 Å². The van der Waals surface area contributed by atoms with Crippen LogP contribution in [0.1, 0.15) is 33.5 Å². The zero-order valence-electron chi connectivity index (χ0n) is 18.0. The summed E-state index contributed by atoms with van der Waals surface area (Å²) < 4.78 is 43.5. The van der Waals surface area contributed by atoms with Crippen LogP contribution in [0, 0.1) is 11.8 Å². The number of aromatic nitrogens is 4. The Hall–Kier alpha value is -4.32. The van der Waals surface area contributed by atoms with E-state index in [0.717, 1.165) is 6.07 Å². The highest BCUT2D eigenvalue weighted by Gasteiger charge is 2.32. The van der Waals surface area contributed by atoms with Gasteiger partial charge >= 0.3 is 6.18 Å². The summed E-state index contributed by atoms with van der Waals surface area (Å²) in [7, 11) is 0. The molecule has 0 atom stereocenters. The zero-order chi connectivity index (χ0) is 24.0. The van der Waals surface area contributed by atoms with Gasteiger partial charge in [0, 0.05) is 49.0 Å². The maximum absolute atomic E-state index is 13.3. The Morgan fingerprint density at radius 3 is 2.56 bits per heavy atom. The topological polar surface area (TPSA) is 64.7 Å². The minimum absolute atomic E-state index is 0.143. The Morgan fingerprint density at radius 1 is 1.00 bits per heavy atom. The molecule has 2 aromatic carbocycles. The average molecular weight is 463 g/mol. The molecule has 0 aliphatic rings. The van der Waals surface area contributed by atoms with E-state index in [0.29, 0.717) is 36.3 Å². The number of imidazole rings is 1. The van der Waals surface area contributed by atoms with Crippen molar-refractivity contribution in [3.8, 4) is 17.5 Å². The van der Waals surface area contributed by atoms with Gasteiger partial charge in [-0.1, -0.05) is 24.0 Å². The van der Waals surface area contributed by atoms with E-state index in [9.17, 15) is 18.0 Å². The molecule has 0 bridgehead atoms. The van der Waals surface area contributed by atoms with Crippen molar-refractivity contribution < 1.29 is 18.0 Å². The second-order valence-electron chi connectivity index (χ2n) is 7.39. The summed E-state index contributed by atoms with van der Waals surface area (Å²) in [6.07, 6.45) is 4.71. The molecule has 0 radical (unpaired) electrons. The number of alkyl halides is 3. The van der Waals surface area contributed by atoms with Crippen molar-refractivity contribution in [2.75, 3.05) is 6.54 Å². The third-order valence-electron chi connectivity index (χ3n) is 5.01. The van der Waals surface area contributed by atoms with Crippen molar-refractivity contribution in [3.63, 3.8) is 0 Å². The highest BCUT2D eigenvalue weighted by atomic mass is 19.4. The molecule has 34 heavy (non-hydrogen) atoms. The number of halogens is 3. The first kappa shape index (κ1) is 22.9. The Labute approximate surface area is 194 Å². The van der Waals surface area contributed by atoms with Crippen LogP contribution in [0.15, 0.2) is 79.6 Å². The fourth-order valence-electron chi connectivity index (χ4n) is 3.35. The summed E-state index contributed by atoms with van der Waals surface area (Å²) in [5.74, 6) is 5.14. The number of hydrogen-bond donors (Lipinski definition) is 1. The lowest BCUT2D eigenvalue weighted by atomic mass is 10.0. The first-order valence-corrected chi connectivity index (χ1v) is 10.5. The Kier molecular flexibility index (Phi) is 6.78. The first-order valence-electron chi connectivity index (χ1n) is 10.5. The maximum atomic E-state index is 13.3. The molecule has 0 unspecified atom stereocenters. The zero-order valence-corrected chi connectivity index (χ0v) is 18.0. The summed E-state index contributed by atoms with van der Waals surface area (Å²) in [6.45, 7) is 1.17. The van der Waals surface area contributed by atoms with E-state index in [1.165, 1.54) is 18.2 Å². The predicted molar refractivity (Wildman–Crippen MR) is 120 cm³/mol. The molecule has 0 aliphatic carbocycles. The van der Waals surface area contributed by atoms with Gasteiger partial charge in [0.15, 0.2) is 0 Å². The molecule has 0 fully saturated rings. The van der Waals surface area contributed by atoms with Crippen LogP contribution in [0.5, 0.6) is 0 Å². The lowest BCUT2D eigenvalue weighted by Gasteiger charge is -2.10. The molecule has 4 rings (SSSR count). The van der Waals surface area contributed by atoms with E-state index in [1.54, 1.807) is 53.9 Å². The number of rotatable bonds is 6. The number of hydrogen-bond acceptors (Lipinski definition) is 3. The molecule has 1 N–H and O–H groups in total. The van der Waals surface area contributed by atoms with Gasteiger partial charge in [-0.25, -0.2) is 9.67 Å². The number of nitrogens with zero attached hydrogens (tertiary/aromatic N) is 4. The first-order chi connectivity index (χ1) is 16.4. The van der Waals surface area contributed by atoms with Crippen LogP contribution in [0.3, 0.4) is 0 Å². The second kappa shape index (κ2) is 10.1. The van der Waals surface area contributed by atoms with E-state index in [4.69, 9.17) is 0 Å². The van der Waals surface area contributed by atoms with Gasteiger partial charge in [-0.3, -0.25) is 4.79 Å². The van der Waals surface area contributed by atoms with Crippen molar-refractivity contribution in [2.45, 2.75) is 19.1 Å². The van der Waals surface area contributed by atoms with Crippen LogP contribution < -0.4 is 5.32 Å². The number of nitrogens with one attached hydrogen (secondary N) is 1. The monoisotopic (exact) mass is 463 g/mol. The average Bonchev–Trinajstić information content (AvgIpc) is 3.54. The molecule has 1 amide bonds. The molecule has 2 aromatic heterocycles. The molecule has 2 heterocycles. The smallest absolute Gasteiger partial charge is 0.352 e. The van der Waals surface area contributed by atoms with Gasteiger partial charge in [-0.05, 0) is 42.8 Å². The van der Waals surface area contributed by atoms with Crippen LogP contribution >= 0.6 is 0 Å². The number of carbonyl (C=O) groups is 1. The molecule has 4 aromatic rings. The second-order valence-corrected chi connectivity index (χ2v) is 7.39. The van der Waals surface area contributed by atoms with E-state index in [2.05, 4.69) is 27.2 Å². The molecule has 6 nitrogen and oxygen atoms in total. The minimum atomic E-state index is -4.52. The van der Waals surface area contributed by atoms with Crippen molar-refractivity contribution >= 4 is 5.91 Å². The molecular weight excluding hydrogens is 443 g/mol. The van der Waals surface area contributed by atoms with Crippen LogP contribution in [-0.4, -0.2) is 31.8 Å². The molecule has 0 saturated heterocycles. The number of amides is 1. The number of benzene rings is 2. The van der Waals surface area contributed by atoms with Crippen molar-refractivity contribution in [3.05, 3.63) is 102 Å². The normalized spacial score (nSPS) is 11.0. The SMILES string of the molecule is O=C(NCCCn1ccnc1)c1ccc(-n2cccn2)c(C#Cc2ccccc2C(F)(F)F)c1. The van der Waals surface area contributed by atoms with Crippen LogP contribution in [0.2, 0.25) is 0 Å². The number of carbonyl (C=O) groups excluding carboxylic acids is 1. The molecule has 172 valence electrons. The minimum Gasteiger partial charge on any atom is -0.352 e.